The predicted octanol–water partition coefficient (Wildman–Crippen LogP) is 2.24. The highest BCUT2D eigenvalue weighted by Crippen LogP contribution is 2.21. The first-order chi connectivity index (χ1) is 8.56. The second-order valence-corrected chi connectivity index (χ2v) is 3.74. The van der Waals surface area contributed by atoms with Gasteiger partial charge in [-0.2, -0.15) is 8.78 Å². The summed E-state index contributed by atoms with van der Waals surface area (Å²) in [5.41, 5.74) is 0.643. The molecule has 18 heavy (non-hydrogen) atoms. The molecule has 1 N–H and O–H groups in total. The van der Waals surface area contributed by atoms with Crippen LogP contribution in [0.4, 0.5) is 13.2 Å². The highest BCUT2D eigenvalue weighted by Gasteiger charge is 2.11. The lowest BCUT2D eigenvalue weighted by Crippen LogP contribution is -2.26. The minimum absolute atomic E-state index is 0.0168. The smallest absolute Gasteiger partial charge is 0.387 e. The average molecular weight is 263 g/mol. The van der Waals surface area contributed by atoms with Crippen LogP contribution in [0.3, 0.4) is 0 Å². The van der Waals surface area contributed by atoms with Gasteiger partial charge in [-0.25, -0.2) is 4.39 Å². The quantitative estimate of drug-likeness (QED) is 0.819. The summed E-state index contributed by atoms with van der Waals surface area (Å²) in [4.78, 5) is 1.91. The van der Waals surface area contributed by atoms with E-state index in [0.29, 0.717) is 25.2 Å². The third-order valence-electron chi connectivity index (χ3n) is 2.48. The van der Waals surface area contributed by atoms with Gasteiger partial charge in [-0.15, -0.1) is 0 Å². The molecule has 0 aromatic heterocycles. The van der Waals surface area contributed by atoms with Gasteiger partial charge in [-0.05, 0) is 24.2 Å². The molecule has 1 aromatic rings. The first-order valence-electron chi connectivity index (χ1n) is 5.63. The molecule has 102 valence electrons. The fraction of sp³-hybridized carbons (Fsp3) is 0.500. The summed E-state index contributed by atoms with van der Waals surface area (Å²) in [7, 11) is 0. The van der Waals surface area contributed by atoms with Crippen molar-refractivity contribution >= 4 is 0 Å². The summed E-state index contributed by atoms with van der Waals surface area (Å²) >= 11 is 0. The molecule has 0 spiro atoms. The summed E-state index contributed by atoms with van der Waals surface area (Å²) < 4.78 is 41.3. The van der Waals surface area contributed by atoms with E-state index in [1.807, 2.05) is 11.8 Å². The number of aliphatic hydroxyl groups excluding tert-OH is 1. The lowest BCUT2D eigenvalue weighted by Gasteiger charge is -2.19. The number of benzene rings is 1. The molecule has 0 saturated carbocycles. The molecule has 0 heterocycles. The van der Waals surface area contributed by atoms with E-state index in [4.69, 9.17) is 5.11 Å². The molecule has 0 aliphatic carbocycles. The average Bonchev–Trinajstić information content (AvgIpc) is 2.31. The molecule has 0 radical (unpaired) electrons. The van der Waals surface area contributed by atoms with E-state index in [0.717, 1.165) is 6.07 Å². The van der Waals surface area contributed by atoms with Crippen LogP contribution in [0.1, 0.15) is 12.5 Å². The van der Waals surface area contributed by atoms with Crippen molar-refractivity contribution in [2.45, 2.75) is 20.1 Å². The standard InChI is InChI=1S/C12H16F3NO2/c1-2-16(5-6-17)8-9-3-4-11(10(13)7-9)18-12(14)15/h3-4,7,12,17H,2,5-6,8H2,1H3. The maximum Gasteiger partial charge on any atom is 0.387 e. The van der Waals surface area contributed by atoms with E-state index < -0.39 is 18.2 Å². The number of rotatable bonds is 7. The third-order valence-corrected chi connectivity index (χ3v) is 2.48. The summed E-state index contributed by atoms with van der Waals surface area (Å²) in [5, 5.41) is 8.82. The Hall–Kier alpha value is -1.27. The van der Waals surface area contributed by atoms with Gasteiger partial charge < -0.3 is 9.84 Å². The van der Waals surface area contributed by atoms with Crippen LogP contribution in [0.2, 0.25) is 0 Å². The molecule has 0 aliphatic rings. The zero-order chi connectivity index (χ0) is 13.5. The van der Waals surface area contributed by atoms with E-state index in [2.05, 4.69) is 4.74 Å². The number of hydrogen-bond acceptors (Lipinski definition) is 3. The van der Waals surface area contributed by atoms with E-state index in [1.165, 1.54) is 12.1 Å². The Kier molecular flexibility index (Phi) is 5.94. The largest absolute Gasteiger partial charge is 0.432 e. The molecule has 1 aromatic carbocycles. The molecule has 0 amide bonds. The SMILES string of the molecule is CCN(CCO)Cc1ccc(OC(F)F)c(F)c1. The zero-order valence-electron chi connectivity index (χ0n) is 10.1. The third kappa shape index (κ3) is 4.54. The van der Waals surface area contributed by atoms with Crippen LogP contribution in [0.15, 0.2) is 18.2 Å². The predicted molar refractivity (Wildman–Crippen MR) is 61.1 cm³/mol. The van der Waals surface area contributed by atoms with Gasteiger partial charge in [0.1, 0.15) is 0 Å². The van der Waals surface area contributed by atoms with Crippen LogP contribution < -0.4 is 4.74 Å². The van der Waals surface area contributed by atoms with Crippen molar-refractivity contribution in [1.29, 1.82) is 0 Å². The van der Waals surface area contributed by atoms with Crippen LogP contribution in [0.5, 0.6) is 5.75 Å². The van der Waals surface area contributed by atoms with Crippen LogP contribution in [-0.4, -0.2) is 36.3 Å². The van der Waals surface area contributed by atoms with Crippen molar-refractivity contribution in [2.75, 3.05) is 19.7 Å². The Balaban J connectivity index is 2.71. The summed E-state index contributed by atoms with van der Waals surface area (Å²) in [6.45, 7) is 0.531. The fourth-order valence-corrected chi connectivity index (χ4v) is 1.58. The zero-order valence-corrected chi connectivity index (χ0v) is 10.1. The van der Waals surface area contributed by atoms with Gasteiger partial charge in [-0.1, -0.05) is 13.0 Å². The molecule has 6 heteroatoms. The molecule has 3 nitrogen and oxygen atoms in total. The van der Waals surface area contributed by atoms with Crippen molar-refractivity contribution < 1.29 is 23.0 Å². The van der Waals surface area contributed by atoms with Gasteiger partial charge in [0.2, 0.25) is 0 Å². The number of ether oxygens (including phenoxy) is 1. The topological polar surface area (TPSA) is 32.7 Å². The highest BCUT2D eigenvalue weighted by atomic mass is 19.3. The molecule has 0 fully saturated rings. The van der Waals surface area contributed by atoms with E-state index in [9.17, 15) is 13.2 Å². The molecule has 1 rings (SSSR count). The summed E-state index contributed by atoms with van der Waals surface area (Å²) in [6, 6.07) is 3.88. The fourth-order valence-electron chi connectivity index (χ4n) is 1.58. The first-order valence-corrected chi connectivity index (χ1v) is 5.63. The van der Waals surface area contributed by atoms with Crippen LogP contribution >= 0.6 is 0 Å². The van der Waals surface area contributed by atoms with Gasteiger partial charge in [0.15, 0.2) is 11.6 Å². The Labute approximate surface area is 104 Å². The molecule has 0 bridgehead atoms. The molecule has 0 unspecified atom stereocenters. The summed E-state index contributed by atoms with van der Waals surface area (Å²) in [6.07, 6.45) is 0. The second kappa shape index (κ2) is 7.23. The van der Waals surface area contributed by atoms with Gasteiger partial charge >= 0.3 is 6.61 Å². The number of nitrogens with zero attached hydrogens (tertiary/aromatic N) is 1. The highest BCUT2D eigenvalue weighted by molar-refractivity contribution is 5.29. The second-order valence-electron chi connectivity index (χ2n) is 3.74. The van der Waals surface area contributed by atoms with Gasteiger partial charge in [-0.3, -0.25) is 4.90 Å². The van der Waals surface area contributed by atoms with E-state index >= 15 is 0 Å². The van der Waals surface area contributed by atoms with Crippen molar-refractivity contribution in [3.8, 4) is 5.75 Å². The number of halogens is 3. The molecule has 0 atom stereocenters. The number of aliphatic hydroxyl groups is 1. The molecule has 0 aliphatic heterocycles. The van der Waals surface area contributed by atoms with Gasteiger partial charge in [0, 0.05) is 13.1 Å². The Morgan fingerprint density at radius 2 is 2.11 bits per heavy atom. The van der Waals surface area contributed by atoms with Gasteiger partial charge in [0.05, 0.1) is 6.61 Å². The lowest BCUT2D eigenvalue weighted by molar-refractivity contribution is -0.0522. The van der Waals surface area contributed by atoms with Crippen LogP contribution in [0.25, 0.3) is 0 Å². The van der Waals surface area contributed by atoms with Crippen molar-refractivity contribution in [1.82, 2.24) is 4.90 Å². The van der Waals surface area contributed by atoms with E-state index in [-0.39, 0.29) is 6.61 Å². The molecular formula is C12H16F3NO2. The number of hydrogen-bond donors (Lipinski definition) is 1. The lowest BCUT2D eigenvalue weighted by atomic mass is 10.2. The normalized spacial score (nSPS) is 11.3. The summed E-state index contributed by atoms with van der Waals surface area (Å²) in [5.74, 6) is -1.27. The first kappa shape index (κ1) is 14.8. The van der Waals surface area contributed by atoms with Crippen LogP contribution in [-0.2, 0) is 6.54 Å². The Morgan fingerprint density at radius 3 is 2.61 bits per heavy atom. The van der Waals surface area contributed by atoms with Crippen molar-refractivity contribution in [3.05, 3.63) is 29.6 Å². The molecular weight excluding hydrogens is 247 g/mol. The Bertz CT molecular complexity index is 374. The Morgan fingerprint density at radius 1 is 1.39 bits per heavy atom. The van der Waals surface area contributed by atoms with E-state index in [1.54, 1.807) is 0 Å². The van der Waals surface area contributed by atoms with Gasteiger partial charge in [0.25, 0.3) is 0 Å². The maximum atomic E-state index is 13.4. The number of likely N-dealkylation sites (N-methyl/N-ethyl adjacent to an activating group) is 1. The number of alkyl halides is 2. The van der Waals surface area contributed by atoms with Crippen molar-refractivity contribution in [3.63, 3.8) is 0 Å². The minimum Gasteiger partial charge on any atom is -0.432 e. The maximum absolute atomic E-state index is 13.4. The van der Waals surface area contributed by atoms with Crippen LogP contribution in [0, 0.1) is 5.82 Å². The van der Waals surface area contributed by atoms with Crippen molar-refractivity contribution in [2.24, 2.45) is 0 Å². The monoisotopic (exact) mass is 263 g/mol. The molecule has 0 saturated heterocycles. The minimum atomic E-state index is -3.04.